The zero-order valence-electron chi connectivity index (χ0n) is 11.2. The van der Waals surface area contributed by atoms with Gasteiger partial charge in [-0.25, -0.2) is 9.78 Å². The molecule has 20 heavy (non-hydrogen) atoms. The first-order chi connectivity index (χ1) is 9.58. The van der Waals surface area contributed by atoms with E-state index in [1.54, 1.807) is 16.2 Å². The molecule has 6 nitrogen and oxygen atoms in total. The molecule has 2 aromatic heterocycles. The number of aryl methyl sites for hydroxylation is 2. The zero-order chi connectivity index (χ0) is 14.3. The average molecular weight is 290 g/mol. The normalized spacial score (nSPS) is 17.9. The first-order valence-electron chi connectivity index (χ1n) is 6.31. The van der Waals surface area contributed by atoms with Gasteiger partial charge >= 0.3 is 5.97 Å². The van der Waals surface area contributed by atoms with Crippen LogP contribution in [0.2, 0.25) is 0 Å². The molecule has 2 aromatic rings. The van der Waals surface area contributed by atoms with Gasteiger partial charge in [0, 0.05) is 11.4 Å². The summed E-state index contributed by atoms with van der Waals surface area (Å²) in [5.74, 6) is -0.497. The Hall–Kier alpha value is -2.02. The number of thiophene rings is 1. The van der Waals surface area contributed by atoms with Crippen molar-refractivity contribution >= 4 is 23.3 Å². The number of aliphatic carboxylic acids is 1. The van der Waals surface area contributed by atoms with Crippen molar-refractivity contribution in [2.24, 2.45) is 0 Å². The highest BCUT2D eigenvalue weighted by atomic mass is 32.1. The second-order valence-corrected chi connectivity index (χ2v) is 5.77. The molecule has 1 atom stereocenters. The van der Waals surface area contributed by atoms with Crippen molar-refractivity contribution < 1.29 is 9.90 Å². The molecule has 0 bridgehead atoms. The maximum Gasteiger partial charge on any atom is 0.331 e. The Kier molecular flexibility index (Phi) is 3.13. The number of hydrogen-bond donors (Lipinski definition) is 1. The van der Waals surface area contributed by atoms with Gasteiger partial charge in [0.15, 0.2) is 6.04 Å². The summed E-state index contributed by atoms with van der Waals surface area (Å²) in [7, 11) is 0. The molecule has 0 aromatic carbocycles. The molecule has 3 rings (SSSR count). The van der Waals surface area contributed by atoms with E-state index < -0.39 is 12.0 Å². The molecule has 0 spiro atoms. The van der Waals surface area contributed by atoms with Crippen molar-refractivity contribution in [3.8, 4) is 0 Å². The van der Waals surface area contributed by atoms with Gasteiger partial charge in [0.05, 0.1) is 11.4 Å². The van der Waals surface area contributed by atoms with E-state index in [9.17, 15) is 9.90 Å². The van der Waals surface area contributed by atoms with E-state index in [0.29, 0.717) is 12.5 Å². The first kappa shape index (κ1) is 13.0. The lowest BCUT2D eigenvalue weighted by molar-refractivity contribution is -0.138. The third-order valence-electron chi connectivity index (χ3n) is 3.54. The van der Waals surface area contributed by atoms with Crippen LogP contribution in [0.5, 0.6) is 0 Å². The molecule has 3 heterocycles. The molecule has 0 fully saturated rings. The maximum atomic E-state index is 11.6. The molecule has 0 radical (unpaired) electrons. The van der Waals surface area contributed by atoms with E-state index in [4.69, 9.17) is 0 Å². The number of aromatic nitrogens is 3. The van der Waals surface area contributed by atoms with Crippen molar-refractivity contribution in [2.75, 3.05) is 11.4 Å². The monoisotopic (exact) mass is 290 g/mol. The third-order valence-corrected chi connectivity index (χ3v) is 4.53. The van der Waals surface area contributed by atoms with Gasteiger partial charge in [-0.05, 0) is 37.3 Å². The first-order valence-corrected chi connectivity index (χ1v) is 7.19. The molecule has 0 amide bonds. The molecular formula is C13H14N4O2S. The van der Waals surface area contributed by atoms with Gasteiger partial charge in [0.25, 0.3) is 0 Å². The molecule has 1 unspecified atom stereocenters. The minimum absolute atomic E-state index is 0.386. The number of hydrogen-bond acceptors (Lipinski definition) is 6. The third kappa shape index (κ3) is 2.03. The van der Waals surface area contributed by atoms with Crippen LogP contribution in [0.4, 0.5) is 5.95 Å². The highest BCUT2D eigenvalue weighted by molar-refractivity contribution is 7.10. The second-order valence-electron chi connectivity index (χ2n) is 4.77. The van der Waals surface area contributed by atoms with Gasteiger partial charge in [-0.1, -0.05) is 0 Å². The fourth-order valence-electron chi connectivity index (χ4n) is 2.37. The number of nitrogens with zero attached hydrogens (tertiary/aromatic N) is 4. The van der Waals surface area contributed by atoms with Crippen LogP contribution in [0, 0.1) is 13.8 Å². The maximum absolute atomic E-state index is 11.6. The molecule has 1 aliphatic heterocycles. The van der Waals surface area contributed by atoms with Crippen LogP contribution >= 0.6 is 11.3 Å². The smallest absolute Gasteiger partial charge is 0.331 e. The molecule has 0 aliphatic carbocycles. The summed E-state index contributed by atoms with van der Waals surface area (Å²) in [6.45, 7) is 4.28. The molecule has 0 saturated heterocycles. The molecule has 7 heteroatoms. The Morgan fingerprint density at radius 1 is 1.40 bits per heavy atom. The summed E-state index contributed by atoms with van der Waals surface area (Å²) in [5.41, 5.74) is 2.37. The lowest BCUT2D eigenvalue weighted by Gasteiger charge is -2.32. The molecular weight excluding hydrogens is 276 g/mol. The lowest BCUT2D eigenvalue weighted by atomic mass is 10.0. The summed E-state index contributed by atoms with van der Waals surface area (Å²) in [4.78, 5) is 18.9. The number of carbonyl (C=O) groups is 1. The Balaban J connectivity index is 2.04. The fraction of sp³-hybridized carbons (Fsp3) is 0.385. The van der Waals surface area contributed by atoms with E-state index in [2.05, 4.69) is 15.2 Å². The fourth-order valence-corrected chi connectivity index (χ4v) is 3.27. The van der Waals surface area contributed by atoms with Gasteiger partial charge < -0.3 is 10.0 Å². The number of rotatable bonds is 2. The van der Waals surface area contributed by atoms with Crippen molar-refractivity contribution in [3.05, 3.63) is 33.3 Å². The van der Waals surface area contributed by atoms with Gasteiger partial charge in [-0.2, -0.15) is 5.10 Å². The lowest BCUT2D eigenvalue weighted by Crippen LogP contribution is -2.40. The van der Waals surface area contributed by atoms with Gasteiger partial charge in [0.2, 0.25) is 5.95 Å². The van der Waals surface area contributed by atoms with Crippen LogP contribution in [-0.4, -0.2) is 32.8 Å². The van der Waals surface area contributed by atoms with Crippen LogP contribution in [0.3, 0.4) is 0 Å². The topological polar surface area (TPSA) is 79.2 Å². The highest BCUT2D eigenvalue weighted by Gasteiger charge is 2.35. The summed E-state index contributed by atoms with van der Waals surface area (Å²) >= 11 is 1.60. The van der Waals surface area contributed by atoms with Crippen molar-refractivity contribution in [3.63, 3.8) is 0 Å². The van der Waals surface area contributed by atoms with E-state index in [-0.39, 0.29) is 0 Å². The quantitative estimate of drug-likeness (QED) is 0.907. The largest absolute Gasteiger partial charge is 0.479 e. The standard InChI is InChI=1S/C13H14N4O2S/c1-7-8(2)15-16-13(14-7)17-5-3-10-9(4-6-20-10)11(17)12(18)19/h4,6,11H,3,5H2,1-2H3,(H,18,19). The van der Waals surface area contributed by atoms with Crippen LogP contribution in [0.1, 0.15) is 27.9 Å². The minimum atomic E-state index is -0.883. The summed E-state index contributed by atoms with van der Waals surface area (Å²) in [5, 5.41) is 19.6. The van der Waals surface area contributed by atoms with E-state index >= 15 is 0 Å². The van der Waals surface area contributed by atoms with E-state index in [1.807, 2.05) is 25.3 Å². The number of carboxylic acid groups (broad SMARTS) is 1. The average Bonchev–Trinajstić information content (AvgIpc) is 2.88. The SMILES string of the molecule is Cc1nnc(N2CCc3sccc3C2C(=O)O)nc1C. The Morgan fingerprint density at radius 2 is 2.20 bits per heavy atom. The zero-order valence-corrected chi connectivity index (χ0v) is 12.0. The van der Waals surface area contributed by atoms with Gasteiger partial charge in [-0.3, -0.25) is 0 Å². The van der Waals surface area contributed by atoms with E-state index in [1.165, 1.54) is 0 Å². The Morgan fingerprint density at radius 3 is 2.90 bits per heavy atom. The summed E-state index contributed by atoms with van der Waals surface area (Å²) in [6, 6.07) is 1.15. The van der Waals surface area contributed by atoms with Crippen molar-refractivity contribution in [1.29, 1.82) is 0 Å². The minimum Gasteiger partial charge on any atom is -0.479 e. The van der Waals surface area contributed by atoms with Crippen LogP contribution in [0.25, 0.3) is 0 Å². The number of fused-ring (bicyclic) bond motifs is 1. The molecule has 1 aliphatic rings. The second kappa shape index (κ2) is 4.82. The van der Waals surface area contributed by atoms with Crippen molar-refractivity contribution in [2.45, 2.75) is 26.3 Å². The van der Waals surface area contributed by atoms with Crippen LogP contribution < -0.4 is 4.90 Å². The van der Waals surface area contributed by atoms with E-state index in [0.717, 1.165) is 28.2 Å². The van der Waals surface area contributed by atoms with Crippen LogP contribution in [-0.2, 0) is 11.2 Å². The van der Waals surface area contributed by atoms with Gasteiger partial charge in [-0.15, -0.1) is 16.4 Å². The molecule has 0 saturated carbocycles. The Labute approximate surface area is 120 Å². The van der Waals surface area contributed by atoms with Gasteiger partial charge in [0.1, 0.15) is 0 Å². The van der Waals surface area contributed by atoms with Crippen molar-refractivity contribution in [1.82, 2.24) is 15.2 Å². The predicted molar refractivity (Wildman–Crippen MR) is 75.0 cm³/mol. The molecule has 104 valence electrons. The highest BCUT2D eigenvalue weighted by Crippen LogP contribution is 2.35. The molecule has 1 N–H and O–H groups in total. The van der Waals surface area contributed by atoms with Crippen LogP contribution in [0.15, 0.2) is 11.4 Å². The number of anilines is 1. The predicted octanol–water partition coefficient (Wildman–Crippen LogP) is 1.74. The number of carboxylic acids is 1. The summed E-state index contributed by atoms with van der Waals surface area (Å²) in [6.07, 6.45) is 0.813. The summed E-state index contributed by atoms with van der Waals surface area (Å²) < 4.78 is 0. The Bertz CT molecular complexity index is 670.